The van der Waals surface area contributed by atoms with Crippen LogP contribution in [0.2, 0.25) is 0 Å². The molecule has 1 amide bonds. The highest BCUT2D eigenvalue weighted by molar-refractivity contribution is 6.24. The second-order valence-corrected chi connectivity index (χ2v) is 9.55. The van der Waals surface area contributed by atoms with Crippen molar-refractivity contribution in [3.05, 3.63) is 51.2 Å². The number of amides is 1. The molecular weight excluding hydrogens is 480 g/mol. The van der Waals surface area contributed by atoms with Crippen LogP contribution in [0.3, 0.4) is 0 Å². The number of fused-ring (bicyclic) bond motifs is 3. The summed E-state index contributed by atoms with van der Waals surface area (Å²) >= 11 is 0. The van der Waals surface area contributed by atoms with Gasteiger partial charge in [0.15, 0.2) is 11.4 Å². The highest BCUT2D eigenvalue weighted by Gasteiger charge is 2.63. The second-order valence-electron chi connectivity index (χ2n) is 9.55. The van der Waals surface area contributed by atoms with Crippen molar-refractivity contribution in [1.82, 2.24) is 10.2 Å². The van der Waals surface area contributed by atoms with E-state index in [0.717, 1.165) is 6.07 Å². The lowest BCUT2D eigenvalue weighted by Gasteiger charge is -2.50. The molecule has 4 rings (SSSR count). The maximum Gasteiger partial charge on any atom is 0.255 e. The third kappa shape index (κ3) is 3.51. The molecule has 0 radical (unpaired) electrons. The van der Waals surface area contributed by atoms with Gasteiger partial charge in [0.25, 0.3) is 5.91 Å². The van der Waals surface area contributed by atoms with Gasteiger partial charge in [0.1, 0.15) is 35.3 Å². The molecule has 10 nitrogen and oxygen atoms in total. The Morgan fingerprint density at radius 1 is 1.28 bits per heavy atom. The van der Waals surface area contributed by atoms with E-state index in [2.05, 4.69) is 5.32 Å². The van der Waals surface area contributed by atoms with E-state index in [4.69, 9.17) is 5.73 Å². The first-order chi connectivity index (χ1) is 16.9. The Labute approximate surface area is 204 Å². The van der Waals surface area contributed by atoms with Crippen molar-refractivity contribution in [2.45, 2.75) is 31.0 Å². The summed E-state index contributed by atoms with van der Waals surface area (Å²) in [6, 6.07) is -0.111. The molecule has 12 heteroatoms. The van der Waals surface area contributed by atoms with E-state index in [1.807, 2.05) is 0 Å². The van der Waals surface area contributed by atoms with Crippen LogP contribution in [0.5, 0.6) is 5.75 Å². The number of benzene rings is 1. The SMILES string of the molecule is CN(C)[C@@H]1C(O)=C(C(N)=O)C(=O)[C@@]2(O)C(O)=C3C(=O)c4c(O)cc(CNCCF)c(F)c4C[C@H]3C[C@@H]12. The number of primary amides is 1. The molecular formula is C24H27F2N3O7. The minimum Gasteiger partial charge on any atom is -0.510 e. The predicted molar refractivity (Wildman–Crippen MR) is 121 cm³/mol. The first-order valence-corrected chi connectivity index (χ1v) is 11.3. The first-order valence-electron chi connectivity index (χ1n) is 11.3. The molecule has 0 unspecified atom stereocenters. The lowest BCUT2D eigenvalue weighted by atomic mass is 9.58. The number of carbonyl (C=O) groups is 3. The lowest BCUT2D eigenvalue weighted by Crippen LogP contribution is -2.63. The Balaban J connectivity index is 1.88. The number of nitrogens with zero attached hydrogens (tertiary/aromatic N) is 1. The monoisotopic (exact) mass is 507 g/mol. The molecule has 3 aliphatic carbocycles. The number of hydrogen-bond donors (Lipinski definition) is 6. The topological polar surface area (TPSA) is 173 Å². The van der Waals surface area contributed by atoms with E-state index in [0.29, 0.717) is 0 Å². The van der Waals surface area contributed by atoms with Gasteiger partial charge in [-0.05, 0) is 38.9 Å². The number of alkyl halides is 1. The standard InChI is InChI=1S/C24H27F2N3O7/c1-29(2)18-12-6-9-5-11-15(13(30)7-10(17(11)26)8-28-4-3-25)19(31)14(9)21(33)24(12,36)22(34)16(20(18)32)23(27)35/h7,9,12,18,28,30,32-33,36H,3-6,8H2,1-2H3,(H2,27,35)/t9-,12-,18-,24-/m0/s1. The Morgan fingerprint density at radius 2 is 1.94 bits per heavy atom. The molecule has 0 bridgehead atoms. The second kappa shape index (κ2) is 8.95. The fourth-order valence-corrected chi connectivity index (χ4v) is 5.77. The van der Waals surface area contributed by atoms with Gasteiger partial charge in [-0.2, -0.15) is 0 Å². The number of allylic oxidation sites excluding steroid dienone is 1. The van der Waals surface area contributed by atoms with Gasteiger partial charge >= 0.3 is 0 Å². The van der Waals surface area contributed by atoms with E-state index < -0.39 is 81.8 Å². The van der Waals surface area contributed by atoms with Gasteiger partial charge in [0.2, 0.25) is 5.78 Å². The van der Waals surface area contributed by atoms with Crippen molar-refractivity contribution in [2.75, 3.05) is 27.3 Å². The molecule has 194 valence electrons. The molecule has 0 fully saturated rings. The maximum absolute atomic E-state index is 15.4. The van der Waals surface area contributed by atoms with Crippen molar-refractivity contribution < 1.29 is 43.6 Å². The minimum absolute atomic E-state index is 0.0159. The van der Waals surface area contributed by atoms with E-state index >= 15 is 4.39 Å². The van der Waals surface area contributed by atoms with Crippen LogP contribution >= 0.6 is 0 Å². The zero-order valence-corrected chi connectivity index (χ0v) is 19.6. The number of aliphatic hydroxyl groups is 3. The largest absolute Gasteiger partial charge is 0.510 e. The molecule has 1 aromatic carbocycles. The molecule has 1 aromatic rings. The number of nitrogens with one attached hydrogen (secondary N) is 1. The van der Waals surface area contributed by atoms with Crippen LogP contribution in [0.25, 0.3) is 0 Å². The molecule has 7 N–H and O–H groups in total. The highest BCUT2D eigenvalue weighted by atomic mass is 19.1. The number of halogens is 2. The number of rotatable bonds is 6. The number of ketones is 2. The summed E-state index contributed by atoms with van der Waals surface area (Å²) in [4.78, 5) is 40.0. The molecule has 0 saturated heterocycles. The van der Waals surface area contributed by atoms with E-state index in [1.165, 1.54) is 19.0 Å². The molecule has 4 atom stereocenters. The number of hydrogen-bond acceptors (Lipinski definition) is 9. The summed E-state index contributed by atoms with van der Waals surface area (Å²) in [6.07, 6.45) is -0.304. The van der Waals surface area contributed by atoms with Gasteiger partial charge in [-0.3, -0.25) is 19.3 Å². The zero-order chi connectivity index (χ0) is 26.7. The summed E-state index contributed by atoms with van der Waals surface area (Å²) in [6.45, 7) is -0.816. The Kier molecular flexibility index (Phi) is 6.40. The Bertz CT molecular complexity index is 1240. The average molecular weight is 507 g/mol. The molecule has 0 spiro atoms. The predicted octanol–water partition coefficient (Wildman–Crippen LogP) is 0.319. The van der Waals surface area contributed by atoms with Gasteiger partial charge in [0.05, 0.1) is 11.6 Å². The van der Waals surface area contributed by atoms with Crippen LogP contribution in [-0.4, -0.2) is 81.8 Å². The molecule has 3 aliphatic rings. The van der Waals surface area contributed by atoms with E-state index in [-0.39, 0.29) is 42.6 Å². The minimum atomic E-state index is -2.76. The highest BCUT2D eigenvalue weighted by Crippen LogP contribution is 2.52. The van der Waals surface area contributed by atoms with Crippen molar-refractivity contribution in [1.29, 1.82) is 0 Å². The number of phenols is 1. The van der Waals surface area contributed by atoms with Crippen LogP contribution in [0.1, 0.15) is 27.9 Å². The van der Waals surface area contributed by atoms with Crippen molar-refractivity contribution in [3.63, 3.8) is 0 Å². The number of Topliss-reactive ketones (excluding diaryl/α,β-unsaturated/α-hetero) is 2. The number of nitrogens with two attached hydrogens (primary N) is 1. The van der Waals surface area contributed by atoms with Gasteiger partial charge < -0.3 is 31.5 Å². The fourth-order valence-electron chi connectivity index (χ4n) is 5.77. The van der Waals surface area contributed by atoms with E-state index in [9.17, 15) is 39.2 Å². The van der Waals surface area contributed by atoms with Gasteiger partial charge in [-0.1, -0.05) is 0 Å². The normalized spacial score (nSPS) is 27.8. The Morgan fingerprint density at radius 3 is 2.53 bits per heavy atom. The van der Waals surface area contributed by atoms with Crippen LogP contribution in [0.15, 0.2) is 28.7 Å². The third-order valence-corrected chi connectivity index (χ3v) is 7.32. The fraction of sp³-hybridized carbons (Fsp3) is 0.458. The molecule has 0 saturated carbocycles. The van der Waals surface area contributed by atoms with Gasteiger partial charge in [0, 0.05) is 35.7 Å². The van der Waals surface area contributed by atoms with Crippen LogP contribution in [-0.2, 0) is 22.6 Å². The first kappa shape index (κ1) is 25.7. The van der Waals surface area contributed by atoms with Crippen LogP contribution in [0, 0.1) is 17.7 Å². The van der Waals surface area contributed by atoms with Crippen molar-refractivity contribution in [3.8, 4) is 5.75 Å². The third-order valence-electron chi connectivity index (χ3n) is 7.32. The van der Waals surface area contributed by atoms with Gasteiger partial charge in [-0.15, -0.1) is 0 Å². The summed E-state index contributed by atoms with van der Waals surface area (Å²) in [5, 5.41) is 46.6. The molecule has 0 aromatic heterocycles. The van der Waals surface area contributed by atoms with Crippen LogP contribution < -0.4 is 11.1 Å². The smallest absolute Gasteiger partial charge is 0.255 e. The average Bonchev–Trinajstić information content (AvgIpc) is 2.79. The molecule has 0 aliphatic heterocycles. The van der Waals surface area contributed by atoms with Crippen molar-refractivity contribution in [2.24, 2.45) is 17.6 Å². The Hall–Kier alpha value is -3.35. The number of likely N-dealkylation sites (N-methyl/N-ethyl adjacent to an activating group) is 1. The van der Waals surface area contributed by atoms with E-state index in [1.54, 1.807) is 0 Å². The molecule has 36 heavy (non-hydrogen) atoms. The number of aromatic hydroxyl groups is 1. The van der Waals surface area contributed by atoms with Crippen molar-refractivity contribution >= 4 is 17.5 Å². The summed E-state index contributed by atoms with van der Waals surface area (Å²) in [5.41, 5.74) is 0.753. The number of phenolic OH excluding ortho intramolecular Hbond substituents is 1. The van der Waals surface area contributed by atoms with Crippen LogP contribution in [0.4, 0.5) is 8.78 Å². The van der Waals surface area contributed by atoms with Gasteiger partial charge in [-0.25, -0.2) is 8.78 Å². The summed E-state index contributed by atoms with van der Waals surface area (Å²) < 4.78 is 27.8. The summed E-state index contributed by atoms with van der Waals surface area (Å²) in [5.74, 6) is -8.76. The zero-order valence-electron chi connectivity index (χ0n) is 19.6. The maximum atomic E-state index is 15.4. The summed E-state index contributed by atoms with van der Waals surface area (Å²) in [7, 11) is 3.03. The molecule has 0 heterocycles. The number of aliphatic hydroxyl groups excluding tert-OH is 2. The quantitative estimate of drug-likeness (QED) is 0.234. The lowest BCUT2D eigenvalue weighted by molar-refractivity contribution is -0.148. The number of carbonyl (C=O) groups excluding carboxylic acids is 3.